The number of alkyl halides is 3. The molecule has 0 saturated heterocycles. The Morgan fingerprint density at radius 1 is 0.923 bits per heavy atom. The average molecular weight is 536 g/mol. The molecule has 0 atom stereocenters. The molecule has 198 valence electrons. The van der Waals surface area contributed by atoms with E-state index in [4.69, 9.17) is 0 Å². The molecule has 39 heavy (non-hydrogen) atoms. The van der Waals surface area contributed by atoms with E-state index < -0.39 is 29.3 Å². The summed E-state index contributed by atoms with van der Waals surface area (Å²) in [6.07, 6.45) is -1.85. The van der Waals surface area contributed by atoms with Crippen LogP contribution in [0.2, 0.25) is 0 Å². The average Bonchev–Trinajstić information content (AvgIpc) is 2.89. The lowest BCUT2D eigenvalue weighted by Crippen LogP contribution is -2.21. The number of benzene rings is 3. The van der Waals surface area contributed by atoms with E-state index in [1.807, 2.05) is 24.3 Å². The lowest BCUT2D eigenvalue weighted by Gasteiger charge is -2.14. The van der Waals surface area contributed by atoms with E-state index in [0.717, 1.165) is 16.5 Å². The normalized spacial score (nSPS) is 11.6. The zero-order valence-corrected chi connectivity index (χ0v) is 20.5. The largest absolute Gasteiger partial charge is 0.416 e. The molecule has 0 saturated carbocycles. The van der Waals surface area contributed by atoms with Crippen LogP contribution in [0.4, 0.5) is 33.7 Å². The van der Waals surface area contributed by atoms with Gasteiger partial charge in [0.25, 0.3) is 5.56 Å². The Bertz CT molecular complexity index is 1780. The van der Waals surface area contributed by atoms with Gasteiger partial charge in [0.1, 0.15) is 17.0 Å². The van der Waals surface area contributed by atoms with Crippen LogP contribution in [0.25, 0.3) is 21.9 Å². The minimum atomic E-state index is -4.68. The Kier molecular flexibility index (Phi) is 6.73. The van der Waals surface area contributed by atoms with Gasteiger partial charge in [0, 0.05) is 11.6 Å². The molecule has 3 aromatic carbocycles. The van der Waals surface area contributed by atoms with E-state index in [9.17, 15) is 27.2 Å². The second-order valence-corrected chi connectivity index (χ2v) is 8.91. The van der Waals surface area contributed by atoms with Crippen molar-refractivity contribution in [2.45, 2.75) is 25.9 Å². The zero-order chi connectivity index (χ0) is 27.7. The number of hydrogen-bond donors (Lipinski definition) is 3. The van der Waals surface area contributed by atoms with Crippen molar-refractivity contribution in [1.29, 1.82) is 0 Å². The molecule has 2 heterocycles. The van der Waals surface area contributed by atoms with E-state index in [1.165, 1.54) is 0 Å². The van der Waals surface area contributed by atoms with Gasteiger partial charge in [-0.25, -0.2) is 19.2 Å². The molecule has 0 bridgehead atoms. The topological polar surface area (TPSA) is 99.8 Å². The van der Waals surface area contributed by atoms with Crippen molar-refractivity contribution in [1.82, 2.24) is 15.0 Å². The molecule has 3 N–H and O–H groups in total. The summed E-state index contributed by atoms with van der Waals surface area (Å²) in [5, 5.41) is 6.32. The number of rotatable bonds is 5. The van der Waals surface area contributed by atoms with Gasteiger partial charge < -0.3 is 15.6 Å². The molecule has 5 aromatic rings. The molecule has 11 heteroatoms. The van der Waals surface area contributed by atoms with Crippen LogP contribution in [0.5, 0.6) is 0 Å². The fraction of sp³-hybridized carbons (Fsp3) is 0.143. The van der Waals surface area contributed by atoms with Crippen LogP contribution in [0.3, 0.4) is 0 Å². The van der Waals surface area contributed by atoms with Crippen molar-refractivity contribution in [2.75, 3.05) is 10.6 Å². The SMILES string of the molecule is Cc1nc2c(CCc3ccc(NC(=O)Nc4cc(C(F)(F)F)ccc4F)c4ccccc34)ccnc2[nH]c1=O. The highest BCUT2D eigenvalue weighted by molar-refractivity contribution is 6.07. The minimum Gasteiger partial charge on any atom is -0.307 e. The van der Waals surface area contributed by atoms with Crippen molar-refractivity contribution in [3.8, 4) is 0 Å². The van der Waals surface area contributed by atoms with Gasteiger partial charge in [-0.3, -0.25) is 4.79 Å². The highest BCUT2D eigenvalue weighted by atomic mass is 19.4. The van der Waals surface area contributed by atoms with Gasteiger partial charge in [-0.15, -0.1) is 0 Å². The molecule has 0 spiro atoms. The number of aromatic nitrogens is 3. The number of halogens is 4. The van der Waals surface area contributed by atoms with Crippen LogP contribution in [0.15, 0.2) is 71.7 Å². The number of urea groups is 1. The number of anilines is 2. The predicted molar refractivity (Wildman–Crippen MR) is 140 cm³/mol. The van der Waals surface area contributed by atoms with Gasteiger partial charge in [0.2, 0.25) is 0 Å². The zero-order valence-electron chi connectivity index (χ0n) is 20.5. The summed E-state index contributed by atoms with van der Waals surface area (Å²) < 4.78 is 53.1. The maximum atomic E-state index is 14.1. The van der Waals surface area contributed by atoms with Crippen LogP contribution in [0, 0.1) is 12.7 Å². The summed E-state index contributed by atoms with van der Waals surface area (Å²) in [7, 11) is 0. The van der Waals surface area contributed by atoms with Gasteiger partial charge in [0.15, 0.2) is 5.65 Å². The first-order valence-corrected chi connectivity index (χ1v) is 11.9. The Hall–Kier alpha value is -4.80. The Labute approximate surface area is 218 Å². The molecular formula is C28H21F4N5O2. The first kappa shape index (κ1) is 25.8. The summed E-state index contributed by atoms with van der Waals surface area (Å²) in [6.45, 7) is 1.63. The van der Waals surface area contributed by atoms with Crippen LogP contribution in [-0.2, 0) is 19.0 Å². The number of fused-ring (bicyclic) bond motifs is 2. The third-order valence-electron chi connectivity index (χ3n) is 6.32. The number of pyridine rings is 1. The molecule has 7 nitrogen and oxygen atoms in total. The molecule has 2 amide bonds. The summed E-state index contributed by atoms with van der Waals surface area (Å²) in [5.41, 5.74) is 1.72. The number of nitrogens with zero attached hydrogens (tertiary/aromatic N) is 2. The number of aryl methyl sites for hydroxylation is 3. The maximum absolute atomic E-state index is 14.1. The molecule has 0 aliphatic rings. The lowest BCUT2D eigenvalue weighted by molar-refractivity contribution is -0.137. The van der Waals surface area contributed by atoms with Crippen molar-refractivity contribution in [3.05, 3.63) is 105 Å². The van der Waals surface area contributed by atoms with Crippen LogP contribution >= 0.6 is 0 Å². The third kappa shape index (κ3) is 5.42. The number of hydrogen-bond acceptors (Lipinski definition) is 4. The number of H-pyrrole nitrogens is 1. The molecule has 0 aliphatic heterocycles. The number of carbonyl (C=O) groups is 1. The van der Waals surface area contributed by atoms with Gasteiger partial charge in [0.05, 0.1) is 16.9 Å². The fourth-order valence-electron chi connectivity index (χ4n) is 4.36. The van der Waals surface area contributed by atoms with Crippen LogP contribution < -0.4 is 16.2 Å². The Morgan fingerprint density at radius 2 is 1.64 bits per heavy atom. The second-order valence-electron chi connectivity index (χ2n) is 8.91. The van der Waals surface area contributed by atoms with Crippen LogP contribution in [0.1, 0.15) is 22.4 Å². The van der Waals surface area contributed by atoms with E-state index in [1.54, 1.807) is 31.3 Å². The first-order valence-electron chi connectivity index (χ1n) is 11.9. The summed E-state index contributed by atoms with van der Waals surface area (Å²) in [6, 6.07) is 13.6. The predicted octanol–water partition coefficient (Wildman–Crippen LogP) is 6.37. The number of nitrogens with one attached hydrogen (secondary N) is 3. The molecule has 0 aliphatic carbocycles. The van der Waals surface area contributed by atoms with Crippen molar-refractivity contribution in [3.63, 3.8) is 0 Å². The second kappa shape index (κ2) is 10.2. The van der Waals surface area contributed by atoms with Crippen molar-refractivity contribution in [2.24, 2.45) is 0 Å². The van der Waals surface area contributed by atoms with Gasteiger partial charge >= 0.3 is 12.2 Å². The molecule has 5 rings (SSSR count). The summed E-state index contributed by atoms with van der Waals surface area (Å²) in [5.74, 6) is -0.990. The molecule has 0 unspecified atom stereocenters. The summed E-state index contributed by atoms with van der Waals surface area (Å²) in [4.78, 5) is 35.8. The van der Waals surface area contributed by atoms with E-state index in [0.29, 0.717) is 59.0 Å². The number of carbonyl (C=O) groups excluding carboxylic acids is 1. The van der Waals surface area contributed by atoms with Gasteiger partial charge in [-0.05, 0) is 66.6 Å². The van der Waals surface area contributed by atoms with Crippen molar-refractivity contribution >= 4 is 39.3 Å². The van der Waals surface area contributed by atoms with Gasteiger partial charge in [-0.2, -0.15) is 13.2 Å². The lowest BCUT2D eigenvalue weighted by atomic mass is 9.97. The Morgan fingerprint density at radius 3 is 2.41 bits per heavy atom. The number of amides is 2. The fourth-order valence-corrected chi connectivity index (χ4v) is 4.36. The van der Waals surface area contributed by atoms with E-state index in [2.05, 4.69) is 25.6 Å². The number of aromatic amines is 1. The molecule has 0 fully saturated rings. The van der Waals surface area contributed by atoms with Gasteiger partial charge in [-0.1, -0.05) is 30.3 Å². The summed E-state index contributed by atoms with van der Waals surface area (Å²) >= 11 is 0. The minimum absolute atomic E-state index is 0.291. The first-order chi connectivity index (χ1) is 18.6. The molecule has 2 aromatic heterocycles. The monoisotopic (exact) mass is 535 g/mol. The van der Waals surface area contributed by atoms with E-state index >= 15 is 0 Å². The van der Waals surface area contributed by atoms with Crippen molar-refractivity contribution < 1.29 is 22.4 Å². The molecular weight excluding hydrogens is 514 g/mol. The van der Waals surface area contributed by atoms with Crippen LogP contribution in [-0.4, -0.2) is 21.0 Å². The third-order valence-corrected chi connectivity index (χ3v) is 6.32. The smallest absolute Gasteiger partial charge is 0.307 e. The highest BCUT2D eigenvalue weighted by Crippen LogP contribution is 2.32. The maximum Gasteiger partial charge on any atom is 0.416 e. The quantitative estimate of drug-likeness (QED) is 0.228. The van der Waals surface area contributed by atoms with E-state index in [-0.39, 0.29) is 5.56 Å². The standard InChI is InChI=1S/C28H21F4N5O2/c1-15-26(38)37-25-24(34-15)17(12-13-33-25)7-6-16-8-11-22(20-5-3-2-4-19(16)20)35-27(39)36-23-14-18(28(30,31)32)9-10-21(23)29/h2-5,8-14H,6-7H2,1H3,(H,33,37,38)(H2,35,36,39). The highest BCUT2D eigenvalue weighted by Gasteiger charge is 2.31. The molecule has 0 radical (unpaired) electrons. The Balaban J connectivity index is 1.38.